The molecule has 0 spiro atoms. The summed E-state index contributed by atoms with van der Waals surface area (Å²) in [5, 5.41) is 0. The minimum atomic E-state index is -0.350. The Hall–Kier alpha value is -1.62. The lowest BCUT2D eigenvalue weighted by Gasteiger charge is -2.28. The predicted octanol–water partition coefficient (Wildman–Crippen LogP) is 1.35. The highest BCUT2D eigenvalue weighted by atomic mass is 16.5. The number of nitrogens with zero attached hydrogens (tertiary/aromatic N) is 2. The molecule has 0 bridgehead atoms. The molecule has 5 nitrogen and oxygen atoms in total. The number of nitrogens with two attached hydrogens (primary N) is 1. The van der Waals surface area contributed by atoms with Crippen molar-refractivity contribution in [1.29, 1.82) is 0 Å². The molecule has 1 unspecified atom stereocenters. The van der Waals surface area contributed by atoms with E-state index < -0.39 is 0 Å². The Labute approximate surface area is 113 Å². The number of ether oxygens (including phenoxy) is 1. The van der Waals surface area contributed by atoms with E-state index in [0.717, 1.165) is 5.82 Å². The number of aryl methyl sites for hydroxylation is 1. The molecule has 1 heterocycles. The van der Waals surface area contributed by atoms with E-state index in [1.807, 2.05) is 20.0 Å². The predicted molar refractivity (Wildman–Crippen MR) is 74.3 cm³/mol. The second-order valence-corrected chi connectivity index (χ2v) is 5.05. The molecule has 1 aliphatic rings. The first-order valence-corrected chi connectivity index (χ1v) is 6.57. The third kappa shape index (κ3) is 2.87. The van der Waals surface area contributed by atoms with Gasteiger partial charge in [-0.15, -0.1) is 0 Å². The molecule has 1 aromatic heterocycles. The van der Waals surface area contributed by atoms with Crippen molar-refractivity contribution in [1.82, 2.24) is 4.98 Å². The molecule has 19 heavy (non-hydrogen) atoms. The van der Waals surface area contributed by atoms with Crippen LogP contribution in [0, 0.1) is 12.8 Å². The number of esters is 1. The number of anilines is 1. The van der Waals surface area contributed by atoms with E-state index in [4.69, 9.17) is 10.5 Å². The van der Waals surface area contributed by atoms with Crippen LogP contribution in [0.25, 0.3) is 0 Å². The second-order valence-electron chi connectivity index (χ2n) is 5.05. The zero-order valence-corrected chi connectivity index (χ0v) is 11.7. The van der Waals surface area contributed by atoms with Gasteiger partial charge in [0.1, 0.15) is 5.82 Å². The third-order valence-corrected chi connectivity index (χ3v) is 3.74. The summed E-state index contributed by atoms with van der Waals surface area (Å²) in [5.74, 6) is 1.18. The van der Waals surface area contributed by atoms with Gasteiger partial charge in [-0.3, -0.25) is 0 Å². The van der Waals surface area contributed by atoms with Crippen LogP contribution in [0.2, 0.25) is 0 Å². The maximum atomic E-state index is 11.5. The first-order valence-electron chi connectivity index (χ1n) is 6.57. The number of aromatic nitrogens is 1. The normalized spacial score (nSPS) is 16.0. The topological polar surface area (TPSA) is 68.5 Å². The number of carbonyl (C=O) groups is 1. The van der Waals surface area contributed by atoms with Gasteiger partial charge < -0.3 is 15.4 Å². The van der Waals surface area contributed by atoms with Crippen LogP contribution >= 0.6 is 0 Å². The number of hydrogen-bond acceptors (Lipinski definition) is 5. The number of hydrogen-bond donors (Lipinski definition) is 1. The van der Waals surface area contributed by atoms with E-state index in [2.05, 4.69) is 9.88 Å². The maximum absolute atomic E-state index is 11.5. The van der Waals surface area contributed by atoms with Crippen LogP contribution in [-0.4, -0.2) is 37.7 Å². The Bertz CT molecular complexity index is 472. The zero-order valence-electron chi connectivity index (χ0n) is 11.7. The fourth-order valence-electron chi connectivity index (χ4n) is 2.39. The minimum absolute atomic E-state index is 0.330. The molecule has 104 valence electrons. The molecule has 0 saturated heterocycles. The smallest absolute Gasteiger partial charge is 0.339 e. The highest BCUT2D eigenvalue weighted by Gasteiger charge is 2.33. The van der Waals surface area contributed by atoms with Crippen molar-refractivity contribution < 1.29 is 9.53 Å². The maximum Gasteiger partial charge on any atom is 0.339 e. The Kier molecular flexibility index (Phi) is 4.04. The van der Waals surface area contributed by atoms with Crippen molar-refractivity contribution in [2.24, 2.45) is 11.7 Å². The van der Waals surface area contributed by atoms with Gasteiger partial charge in [0.25, 0.3) is 0 Å². The zero-order chi connectivity index (χ0) is 14.0. The summed E-state index contributed by atoms with van der Waals surface area (Å²) in [7, 11) is 3.38. The number of carbonyl (C=O) groups excluding carboxylic acids is 1. The highest BCUT2D eigenvalue weighted by Crippen LogP contribution is 2.35. The highest BCUT2D eigenvalue weighted by molar-refractivity contribution is 5.90. The average Bonchev–Trinajstić information content (AvgIpc) is 3.23. The van der Waals surface area contributed by atoms with Crippen molar-refractivity contribution in [3.8, 4) is 0 Å². The lowest BCUT2D eigenvalue weighted by atomic mass is 10.1. The largest absolute Gasteiger partial charge is 0.465 e. The summed E-state index contributed by atoms with van der Waals surface area (Å²) in [4.78, 5) is 18.1. The quantitative estimate of drug-likeness (QED) is 0.812. The molecule has 1 aliphatic carbocycles. The Morgan fingerprint density at radius 1 is 1.58 bits per heavy atom. The van der Waals surface area contributed by atoms with Crippen LogP contribution < -0.4 is 10.6 Å². The Morgan fingerprint density at radius 2 is 2.26 bits per heavy atom. The van der Waals surface area contributed by atoms with Gasteiger partial charge in [-0.1, -0.05) is 0 Å². The van der Waals surface area contributed by atoms with Gasteiger partial charge in [0.15, 0.2) is 0 Å². The number of methoxy groups -OCH3 is 1. The van der Waals surface area contributed by atoms with Crippen LogP contribution in [0.5, 0.6) is 0 Å². The molecule has 5 heteroatoms. The van der Waals surface area contributed by atoms with Crippen LogP contribution in [0.3, 0.4) is 0 Å². The summed E-state index contributed by atoms with van der Waals surface area (Å²) in [5.41, 5.74) is 7.04. The van der Waals surface area contributed by atoms with Gasteiger partial charge in [-0.05, 0) is 37.8 Å². The van der Waals surface area contributed by atoms with Crippen LogP contribution in [-0.2, 0) is 4.74 Å². The van der Waals surface area contributed by atoms with E-state index in [9.17, 15) is 4.79 Å². The Balaban J connectivity index is 2.21. The minimum Gasteiger partial charge on any atom is -0.465 e. The van der Waals surface area contributed by atoms with E-state index in [1.54, 1.807) is 6.07 Å². The van der Waals surface area contributed by atoms with E-state index in [-0.39, 0.29) is 5.97 Å². The molecule has 0 aliphatic heterocycles. The second kappa shape index (κ2) is 5.57. The number of likely N-dealkylation sites (N-methyl/N-ethyl adjacent to an activating group) is 1. The molecular weight excluding hydrogens is 242 g/mol. The molecule has 0 radical (unpaired) electrons. The molecule has 1 atom stereocenters. The molecule has 1 fully saturated rings. The van der Waals surface area contributed by atoms with Crippen molar-refractivity contribution in [2.45, 2.75) is 25.8 Å². The van der Waals surface area contributed by atoms with Crippen molar-refractivity contribution in [2.75, 3.05) is 25.6 Å². The van der Waals surface area contributed by atoms with E-state index >= 15 is 0 Å². The fraction of sp³-hybridized carbons (Fsp3) is 0.571. The molecule has 1 saturated carbocycles. The SMILES string of the molecule is COC(=O)c1ccc(N(C)C(CN)C2CC2)nc1C. The van der Waals surface area contributed by atoms with E-state index in [1.165, 1.54) is 20.0 Å². The number of pyridine rings is 1. The summed E-state index contributed by atoms with van der Waals surface area (Å²) in [6.07, 6.45) is 2.48. The van der Waals surface area contributed by atoms with Crippen molar-refractivity contribution in [3.63, 3.8) is 0 Å². The molecule has 2 N–H and O–H groups in total. The molecule has 0 amide bonds. The molecule has 1 aromatic rings. The first-order chi connectivity index (χ1) is 9.08. The molecular formula is C14H21N3O2. The van der Waals surface area contributed by atoms with Gasteiger partial charge in [-0.25, -0.2) is 9.78 Å². The van der Waals surface area contributed by atoms with Crippen molar-refractivity contribution >= 4 is 11.8 Å². The van der Waals surface area contributed by atoms with Crippen LogP contribution in [0.15, 0.2) is 12.1 Å². The summed E-state index contributed by atoms with van der Waals surface area (Å²) in [6.45, 7) is 2.44. The fourth-order valence-corrected chi connectivity index (χ4v) is 2.39. The van der Waals surface area contributed by atoms with E-state index in [0.29, 0.717) is 29.8 Å². The van der Waals surface area contributed by atoms with Gasteiger partial charge >= 0.3 is 5.97 Å². The average molecular weight is 263 g/mol. The first kappa shape index (κ1) is 13.8. The van der Waals surface area contributed by atoms with Gasteiger partial charge in [0, 0.05) is 19.6 Å². The monoisotopic (exact) mass is 263 g/mol. The van der Waals surface area contributed by atoms with Gasteiger partial charge in [0.05, 0.1) is 18.4 Å². The number of rotatable bonds is 5. The summed E-state index contributed by atoms with van der Waals surface area (Å²) >= 11 is 0. The van der Waals surface area contributed by atoms with Gasteiger partial charge in [0.2, 0.25) is 0 Å². The summed E-state index contributed by atoms with van der Waals surface area (Å²) in [6, 6.07) is 3.95. The standard InChI is InChI=1S/C14H21N3O2/c1-9-11(14(18)19-3)6-7-13(16-9)17(2)12(8-15)10-4-5-10/h6-7,10,12H,4-5,8,15H2,1-3H3. The third-order valence-electron chi connectivity index (χ3n) is 3.74. The lowest BCUT2D eigenvalue weighted by molar-refractivity contribution is 0.0599. The lowest BCUT2D eigenvalue weighted by Crippen LogP contribution is -2.40. The van der Waals surface area contributed by atoms with Crippen LogP contribution in [0.4, 0.5) is 5.82 Å². The van der Waals surface area contributed by atoms with Crippen LogP contribution in [0.1, 0.15) is 28.9 Å². The molecule has 0 aromatic carbocycles. The molecule has 2 rings (SSSR count). The van der Waals surface area contributed by atoms with Crippen molar-refractivity contribution in [3.05, 3.63) is 23.4 Å². The van der Waals surface area contributed by atoms with Gasteiger partial charge in [-0.2, -0.15) is 0 Å². The Morgan fingerprint density at radius 3 is 2.74 bits per heavy atom. The summed E-state index contributed by atoms with van der Waals surface area (Å²) < 4.78 is 4.72.